The van der Waals surface area contributed by atoms with Crippen LogP contribution >= 0.6 is 11.3 Å². The lowest BCUT2D eigenvalue weighted by Gasteiger charge is -2.03. The van der Waals surface area contributed by atoms with Crippen LogP contribution in [-0.4, -0.2) is 11.7 Å². The van der Waals surface area contributed by atoms with Crippen molar-refractivity contribution in [3.05, 3.63) is 81.4 Å². The maximum absolute atomic E-state index is 12.1. The summed E-state index contributed by atoms with van der Waals surface area (Å²) in [5, 5.41) is 11.5. The first kappa shape index (κ1) is 15.7. The zero-order valence-electron chi connectivity index (χ0n) is 12.5. The van der Waals surface area contributed by atoms with Crippen molar-refractivity contribution >= 4 is 23.0 Å². The van der Waals surface area contributed by atoms with Crippen molar-refractivity contribution in [2.24, 2.45) is 0 Å². The average molecular weight is 336 g/mol. The monoisotopic (exact) mass is 336 g/mol. The summed E-state index contributed by atoms with van der Waals surface area (Å²) in [6.45, 7) is 0.328. The summed E-state index contributed by atoms with van der Waals surface area (Å²) in [5.74, 6) is -0.105. The number of furan rings is 1. The molecule has 24 heavy (non-hydrogen) atoms. The summed E-state index contributed by atoms with van der Waals surface area (Å²) in [7, 11) is 0. The molecule has 0 saturated carbocycles. The number of thiophene rings is 1. The van der Waals surface area contributed by atoms with Gasteiger partial charge in [0, 0.05) is 10.4 Å². The molecule has 0 aliphatic rings. The minimum absolute atomic E-state index is 0.172. The van der Waals surface area contributed by atoms with Gasteiger partial charge in [0.2, 0.25) is 5.78 Å². The molecule has 118 valence electrons. The second-order valence-corrected chi connectivity index (χ2v) is 6.11. The Hall–Kier alpha value is -3.17. The summed E-state index contributed by atoms with van der Waals surface area (Å²) < 4.78 is 5.10. The Morgan fingerprint density at radius 3 is 2.58 bits per heavy atom. The van der Waals surface area contributed by atoms with Gasteiger partial charge in [-0.1, -0.05) is 0 Å². The fraction of sp³-hybridized carbons (Fsp3) is 0.0556. The third-order valence-corrected chi connectivity index (χ3v) is 4.41. The van der Waals surface area contributed by atoms with Gasteiger partial charge in [0.05, 0.1) is 29.3 Å². The van der Waals surface area contributed by atoms with Gasteiger partial charge in [-0.15, -0.1) is 11.3 Å². The molecule has 0 bridgehead atoms. The molecule has 0 fully saturated rings. The fourth-order valence-corrected chi connectivity index (χ4v) is 2.98. The molecule has 1 amide bonds. The van der Waals surface area contributed by atoms with Gasteiger partial charge < -0.3 is 9.73 Å². The Labute approximate surface area is 142 Å². The van der Waals surface area contributed by atoms with Gasteiger partial charge in [-0.2, -0.15) is 5.26 Å². The van der Waals surface area contributed by atoms with Gasteiger partial charge in [-0.25, -0.2) is 0 Å². The van der Waals surface area contributed by atoms with E-state index in [0.29, 0.717) is 28.3 Å². The van der Waals surface area contributed by atoms with Crippen molar-refractivity contribution < 1.29 is 14.0 Å². The van der Waals surface area contributed by atoms with Crippen LogP contribution in [0, 0.1) is 11.3 Å². The van der Waals surface area contributed by atoms with E-state index in [2.05, 4.69) is 5.32 Å². The molecule has 0 atom stereocenters. The molecule has 0 aliphatic heterocycles. The second kappa shape index (κ2) is 6.94. The molecular formula is C18H12N2O3S. The van der Waals surface area contributed by atoms with E-state index in [1.54, 1.807) is 48.5 Å². The van der Waals surface area contributed by atoms with Crippen LogP contribution < -0.4 is 5.32 Å². The van der Waals surface area contributed by atoms with Crippen LogP contribution in [0.25, 0.3) is 0 Å². The average Bonchev–Trinajstić information content (AvgIpc) is 3.31. The maximum atomic E-state index is 12.1. The van der Waals surface area contributed by atoms with Crippen LogP contribution in [-0.2, 0) is 6.54 Å². The number of nitrogens with one attached hydrogen (secondary N) is 1. The summed E-state index contributed by atoms with van der Waals surface area (Å²) in [6.07, 6.45) is 1.46. The number of nitriles is 1. The minimum atomic E-state index is -0.230. The molecule has 0 aliphatic carbocycles. The maximum Gasteiger partial charge on any atom is 0.251 e. The molecule has 5 nitrogen and oxygen atoms in total. The Kier molecular flexibility index (Phi) is 4.54. The van der Waals surface area contributed by atoms with Crippen molar-refractivity contribution in [2.45, 2.75) is 6.54 Å². The van der Waals surface area contributed by atoms with Gasteiger partial charge in [-0.3, -0.25) is 9.59 Å². The highest BCUT2D eigenvalue weighted by molar-refractivity contribution is 7.14. The smallest absolute Gasteiger partial charge is 0.251 e. The fourth-order valence-electron chi connectivity index (χ4n) is 2.09. The Balaban J connectivity index is 1.62. The number of amides is 1. The summed E-state index contributed by atoms with van der Waals surface area (Å²) in [6, 6.07) is 15.2. The number of carbonyl (C=O) groups is 2. The topological polar surface area (TPSA) is 83.1 Å². The van der Waals surface area contributed by atoms with E-state index in [0.717, 1.165) is 4.88 Å². The van der Waals surface area contributed by atoms with E-state index in [1.165, 1.54) is 17.6 Å². The molecule has 1 N–H and O–H groups in total. The van der Waals surface area contributed by atoms with E-state index < -0.39 is 0 Å². The van der Waals surface area contributed by atoms with Crippen LogP contribution in [0.15, 0.2) is 59.2 Å². The second-order valence-electron chi connectivity index (χ2n) is 4.94. The van der Waals surface area contributed by atoms with E-state index in [1.807, 2.05) is 6.07 Å². The zero-order chi connectivity index (χ0) is 16.9. The molecule has 1 aromatic carbocycles. The number of hydrogen-bond acceptors (Lipinski definition) is 5. The van der Waals surface area contributed by atoms with Gasteiger partial charge in [-0.05, 0) is 48.5 Å². The van der Waals surface area contributed by atoms with Gasteiger partial charge in [0.15, 0.2) is 5.76 Å². The molecule has 2 heterocycles. The highest BCUT2D eigenvalue weighted by Crippen LogP contribution is 2.20. The number of carbonyl (C=O) groups excluding carboxylic acids is 2. The standard InChI is InChI=1S/C18H12N2O3S/c19-10-12-3-5-13(6-4-12)18(22)20-11-14-7-8-16(24-14)17(21)15-2-1-9-23-15/h1-9H,11H2,(H,20,22). The van der Waals surface area contributed by atoms with E-state index >= 15 is 0 Å². The summed E-state index contributed by atoms with van der Waals surface area (Å²) in [5.41, 5.74) is 0.989. The van der Waals surface area contributed by atoms with Gasteiger partial charge in [0.1, 0.15) is 0 Å². The molecular weight excluding hydrogens is 324 g/mol. The van der Waals surface area contributed by atoms with Crippen molar-refractivity contribution in [2.75, 3.05) is 0 Å². The SMILES string of the molecule is N#Cc1ccc(C(=O)NCc2ccc(C(=O)c3ccco3)s2)cc1. The third-order valence-electron chi connectivity index (χ3n) is 3.33. The summed E-state index contributed by atoms with van der Waals surface area (Å²) >= 11 is 1.32. The van der Waals surface area contributed by atoms with E-state index in [4.69, 9.17) is 9.68 Å². The summed E-state index contributed by atoms with van der Waals surface area (Å²) in [4.78, 5) is 25.6. The normalized spacial score (nSPS) is 10.1. The van der Waals surface area contributed by atoms with Crippen LogP contribution in [0.1, 0.15) is 36.2 Å². The van der Waals surface area contributed by atoms with Crippen molar-refractivity contribution in [3.8, 4) is 6.07 Å². The third kappa shape index (κ3) is 3.42. The highest BCUT2D eigenvalue weighted by Gasteiger charge is 2.14. The highest BCUT2D eigenvalue weighted by atomic mass is 32.1. The predicted octanol–water partition coefficient (Wildman–Crippen LogP) is 3.37. The largest absolute Gasteiger partial charge is 0.461 e. The van der Waals surface area contributed by atoms with Crippen molar-refractivity contribution in [1.29, 1.82) is 5.26 Å². The van der Waals surface area contributed by atoms with Crippen molar-refractivity contribution in [1.82, 2.24) is 5.32 Å². The van der Waals surface area contributed by atoms with Gasteiger partial charge >= 0.3 is 0 Å². The Bertz CT molecular complexity index is 903. The number of hydrogen-bond donors (Lipinski definition) is 1. The lowest BCUT2D eigenvalue weighted by molar-refractivity contribution is 0.0950. The van der Waals surface area contributed by atoms with E-state index in [9.17, 15) is 9.59 Å². The van der Waals surface area contributed by atoms with Crippen LogP contribution in [0.2, 0.25) is 0 Å². The lowest BCUT2D eigenvalue weighted by atomic mass is 10.1. The van der Waals surface area contributed by atoms with Crippen LogP contribution in [0.3, 0.4) is 0 Å². The first-order valence-electron chi connectivity index (χ1n) is 7.12. The zero-order valence-corrected chi connectivity index (χ0v) is 13.3. The molecule has 0 radical (unpaired) electrons. The first-order chi connectivity index (χ1) is 11.7. The van der Waals surface area contributed by atoms with E-state index in [-0.39, 0.29) is 11.7 Å². The predicted molar refractivity (Wildman–Crippen MR) is 88.8 cm³/mol. The molecule has 2 aromatic heterocycles. The minimum Gasteiger partial charge on any atom is -0.461 e. The lowest BCUT2D eigenvalue weighted by Crippen LogP contribution is -2.22. The number of rotatable bonds is 5. The molecule has 0 unspecified atom stereocenters. The quantitative estimate of drug-likeness (QED) is 0.724. The number of benzene rings is 1. The Morgan fingerprint density at radius 2 is 1.92 bits per heavy atom. The molecule has 3 rings (SSSR count). The van der Waals surface area contributed by atoms with Gasteiger partial charge in [0.25, 0.3) is 5.91 Å². The number of ketones is 1. The molecule has 6 heteroatoms. The molecule has 0 saturated heterocycles. The molecule has 3 aromatic rings. The van der Waals surface area contributed by atoms with Crippen LogP contribution in [0.5, 0.6) is 0 Å². The Morgan fingerprint density at radius 1 is 1.12 bits per heavy atom. The number of nitrogens with zero attached hydrogens (tertiary/aromatic N) is 1. The molecule has 0 spiro atoms. The van der Waals surface area contributed by atoms with Crippen LogP contribution in [0.4, 0.5) is 0 Å². The van der Waals surface area contributed by atoms with Crippen molar-refractivity contribution in [3.63, 3.8) is 0 Å². The first-order valence-corrected chi connectivity index (χ1v) is 7.94.